The highest BCUT2D eigenvalue weighted by Gasteiger charge is 2.31. The molecule has 1 amide bonds. The highest BCUT2D eigenvalue weighted by molar-refractivity contribution is 7.93. The molecule has 0 aromatic heterocycles. The summed E-state index contributed by atoms with van der Waals surface area (Å²) in [5, 5.41) is 10.6. The highest BCUT2D eigenvalue weighted by Crippen LogP contribution is 2.33. The lowest BCUT2D eigenvalue weighted by atomic mass is 9.80. The fourth-order valence-electron chi connectivity index (χ4n) is 2.56. The van der Waals surface area contributed by atoms with Crippen molar-refractivity contribution in [3.63, 3.8) is 0 Å². The third kappa shape index (κ3) is 4.59. The average Bonchev–Trinajstić information content (AvgIpc) is 2.44. The summed E-state index contributed by atoms with van der Waals surface area (Å²) in [5.41, 5.74) is -0.0910. The Balaban J connectivity index is 2.00. The molecule has 1 aromatic carbocycles. The van der Waals surface area contributed by atoms with Gasteiger partial charge in [0.25, 0.3) is 11.6 Å². The summed E-state index contributed by atoms with van der Waals surface area (Å²) in [6.45, 7) is 2.60. The van der Waals surface area contributed by atoms with Crippen LogP contribution in [-0.4, -0.2) is 34.0 Å². The van der Waals surface area contributed by atoms with Crippen LogP contribution >= 0.6 is 0 Å². The van der Waals surface area contributed by atoms with Crippen molar-refractivity contribution in [3.8, 4) is 0 Å². The molecule has 1 saturated carbocycles. The number of nitro benzene ring substituents is 1. The molecule has 0 bridgehead atoms. The van der Waals surface area contributed by atoms with Crippen molar-refractivity contribution in [3.05, 3.63) is 34.4 Å². The van der Waals surface area contributed by atoms with Crippen LogP contribution in [-0.2, 0) is 19.3 Å². The number of hydrogen-bond donors (Lipinski definition) is 0. The molecule has 8 heteroatoms. The molecule has 0 heterocycles. The Bertz CT molecular complexity index is 701. The number of non-ortho nitro benzene ring substituents is 1. The maximum Gasteiger partial charge on any atom is 0.269 e. The Morgan fingerprint density at radius 2 is 2.00 bits per heavy atom. The number of amides is 1. The van der Waals surface area contributed by atoms with E-state index in [4.69, 9.17) is 4.74 Å². The number of ether oxygens (including phenoxy) is 1. The number of rotatable bonds is 6. The van der Waals surface area contributed by atoms with Crippen molar-refractivity contribution in [2.24, 2.45) is 10.3 Å². The summed E-state index contributed by atoms with van der Waals surface area (Å²) >= 11 is 0. The molecule has 1 aliphatic rings. The summed E-state index contributed by atoms with van der Waals surface area (Å²) in [5.74, 6) is -0.161. The number of hydrogen-bond acceptors (Lipinski definition) is 5. The van der Waals surface area contributed by atoms with Crippen LogP contribution in [0.5, 0.6) is 0 Å². The first-order valence-electron chi connectivity index (χ1n) is 7.43. The quantitative estimate of drug-likeness (QED) is 0.585. The molecule has 1 atom stereocenters. The lowest BCUT2D eigenvalue weighted by molar-refractivity contribution is -0.384. The van der Waals surface area contributed by atoms with Gasteiger partial charge in [-0.2, -0.15) is 4.36 Å². The first kappa shape index (κ1) is 17.6. The van der Waals surface area contributed by atoms with Crippen LogP contribution in [0.4, 0.5) is 5.69 Å². The number of carbonyl (C=O) groups excluding carboxylic acids is 1. The van der Waals surface area contributed by atoms with Crippen LogP contribution in [0.2, 0.25) is 0 Å². The average molecular weight is 340 g/mol. The zero-order valence-corrected chi connectivity index (χ0v) is 14.0. The summed E-state index contributed by atoms with van der Waals surface area (Å²) in [6, 6.07) is 5.28. The lowest BCUT2D eigenvalue weighted by Gasteiger charge is -2.34. The van der Waals surface area contributed by atoms with Crippen molar-refractivity contribution in [2.45, 2.75) is 37.2 Å². The summed E-state index contributed by atoms with van der Waals surface area (Å²) in [4.78, 5) is 22.4. The highest BCUT2D eigenvalue weighted by atomic mass is 32.2. The first-order valence-corrected chi connectivity index (χ1v) is 9.35. The number of benzene rings is 1. The van der Waals surface area contributed by atoms with Gasteiger partial charge < -0.3 is 4.74 Å². The van der Waals surface area contributed by atoms with E-state index in [2.05, 4.69) is 4.36 Å². The molecule has 1 fully saturated rings. The normalized spacial score (nSPS) is 22.7. The van der Waals surface area contributed by atoms with Crippen LogP contribution in [0.15, 0.2) is 33.5 Å². The van der Waals surface area contributed by atoms with Gasteiger partial charge in [-0.1, -0.05) is 0 Å². The summed E-state index contributed by atoms with van der Waals surface area (Å²) in [7, 11) is -2.88. The SMILES string of the molecule is CCOC1CC(CC(=O)N=S(C)(=O)c2ccc([N+](=O)[O-])cc2)C1. The molecule has 1 aromatic rings. The predicted molar refractivity (Wildman–Crippen MR) is 85.6 cm³/mol. The van der Waals surface area contributed by atoms with E-state index in [1.807, 2.05) is 6.92 Å². The second kappa shape index (κ2) is 7.18. The van der Waals surface area contributed by atoms with Crippen LogP contribution < -0.4 is 0 Å². The van der Waals surface area contributed by atoms with E-state index in [9.17, 15) is 19.1 Å². The van der Waals surface area contributed by atoms with Crippen molar-refractivity contribution in [2.75, 3.05) is 12.9 Å². The monoisotopic (exact) mass is 340 g/mol. The standard InChI is InChI=1S/C15H20N2O5S/c1-3-22-13-8-11(9-13)10-15(18)16-23(2,21)14-6-4-12(5-7-14)17(19)20/h4-7,11,13H,3,8-10H2,1-2H3. The molecule has 1 unspecified atom stereocenters. The molecule has 0 radical (unpaired) electrons. The molecule has 0 aliphatic heterocycles. The topological polar surface area (TPSA) is 98.9 Å². The van der Waals surface area contributed by atoms with Gasteiger partial charge >= 0.3 is 0 Å². The van der Waals surface area contributed by atoms with E-state index >= 15 is 0 Å². The van der Waals surface area contributed by atoms with Gasteiger partial charge in [0, 0.05) is 36.3 Å². The molecule has 0 N–H and O–H groups in total. The molecule has 0 spiro atoms. The Kier molecular flexibility index (Phi) is 5.48. The maximum atomic E-state index is 12.6. The van der Waals surface area contributed by atoms with Crippen LogP contribution in [0.1, 0.15) is 26.2 Å². The van der Waals surface area contributed by atoms with Gasteiger partial charge in [0.05, 0.1) is 20.8 Å². The number of carbonyl (C=O) groups is 1. The van der Waals surface area contributed by atoms with E-state index < -0.39 is 20.6 Å². The number of nitro groups is 1. The van der Waals surface area contributed by atoms with Crippen molar-refractivity contribution in [1.82, 2.24) is 0 Å². The second-order valence-electron chi connectivity index (χ2n) is 5.66. The van der Waals surface area contributed by atoms with Gasteiger partial charge in [0.1, 0.15) is 0 Å². The lowest BCUT2D eigenvalue weighted by Crippen LogP contribution is -2.32. The van der Waals surface area contributed by atoms with E-state index in [1.54, 1.807) is 0 Å². The third-order valence-corrected chi connectivity index (χ3v) is 5.52. The molecular formula is C15H20N2O5S. The molecule has 7 nitrogen and oxygen atoms in total. The van der Waals surface area contributed by atoms with Crippen molar-refractivity contribution >= 4 is 21.3 Å². The first-order chi connectivity index (χ1) is 10.8. The second-order valence-corrected chi connectivity index (χ2v) is 7.92. The molecule has 126 valence electrons. The van der Waals surface area contributed by atoms with Gasteiger partial charge in [0.15, 0.2) is 0 Å². The van der Waals surface area contributed by atoms with E-state index in [0.29, 0.717) is 11.5 Å². The van der Waals surface area contributed by atoms with Crippen LogP contribution in [0.3, 0.4) is 0 Å². The van der Waals surface area contributed by atoms with Crippen LogP contribution in [0, 0.1) is 16.0 Å². The molecule has 23 heavy (non-hydrogen) atoms. The summed E-state index contributed by atoms with van der Waals surface area (Å²) in [6.07, 6.45) is 3.52. The fourth-order valence-corrected chi connectivity index (χ4v) is 3.77. The Hall–Kier alpha value is -1.80. The smallest absolute Gasteiger partial charge is 0.269 e. The van der Waals surface area contributed by atoms with Gasteiger partial charge in [-0.25, -0.2) is 4.21 Å². The molecular weight excluding hydrogens is 320 g/mol. The van der Waals surface area contributed by atoms with E-state index in [1.165, 1.54) is 30.5 Å². The number of nitrogens with zero attached hydrogens (tertiary/aromatic N) is 2. The minimum atomic E-state index is -2.88. The van der Waals surface area contributed by atoms with Crippen molar-refractivity contribution in [1.29, 1.82) is 0 Å². The van der Waals surface area contributed by atoms with Gasteiger partial charge in [-0.3, -0.25) is 14.9 Å². The van der Waals surface area contributed by atoms with Gasteiger partial charge in [-0.05, 0) is 37.8 Å². The summed E-state index contributed by atoms with van der Waals surface area (Å²) < 4.78 is 21.8. The largest absolute Gasteiger partial charge is 0.378 e. The predicted octanol–water partition coefficient (Wildman–Crippen LogP) is 2.78. The minimum absolute atomic E-state index is 0.0910. The molecule has 1 aliphatic carbocycles. The van der Waals surface area contributed by atoms with Crippen LogP contribution in [0.25, 0.3) is 0 Å². The third-order valence-electron chi connectivity index (χ3n) is 3.82. The fraction of sp³-hybridized carbons (Fsp3) is 0.533. The van der Waals surface area contributed by atoms with Gasteiger partial charge in [-0.15, -0.1) is 0 Å². The maximum absolute atomic E-state index is 12.6. The molecule has 2 rings (SSSR count). The zero-order valence-electron chi connectivity index (χ0n) is 13.1. The van der Waals surface area contributed by atoms with Gasteiger partial charge in [0.2, 0.25) is 0 Å². The molecule has 0 saturated heterocycles. The Labute approximate surface area is 135 Å². The Morgan fingerprint density at radius 3 is 2.52 bits per heavy atom. The van der Waals surface area contributed by atoms with Crippen molar-refractivity contribution < 1.29 is 18.7 Å². The Morgan fingerprint density at radius 1 is 1.39 bits per heavy atom. The minimum Gasteiger partial charge on any atom is -0.378 e. The van der Waals surface area contributed by atoms with E-state index in [0.717, 1.165) is 12.8 Å². The van der Waals surface area contributed by atoms with E-state index in [-0.39, 0.29) is 24.1 Å². The zero-order chi connectivity index (χ0) is 17.0.